The van der Waals surface area contributed by atoms with Crippen molar-refractivity contribution in [2.24, 2.45) is 51.3 Å². The van der Waals surface area contributed by atoms with E-state index in [9.17, 15) is 34.0 Å². The average molecular weight is 668 g/mol. The summed E-state index contributed by atoms with van der Waals surface area (Å²) in [6.07, 6.45) is 4.58. The average Bonchev–Trinajstić information content (AvgIpc) is 3.33. The Bertz CT molecular complexity index is 1140. The van der Waals surface area contributed by atoms with E-state index in [0.717, 1.165) is 32.1 Å². The molecule has 11 nitrogen and oxygen atoms in total. The Labute approximate surface area is 290 Å². The van der Waals surface area contributed by atoms with Crippen molar-refractivity contribution in [1.82, 2.24) is 0 Å². The molecule has 14 atom stereocenters. The molecule has 254 valence electrons. The molecule has 5 aliphatic rings. The van der Waals surface area contributed by atoms with Crippen LogP contribution in [0.4, 0.5) is 0 Å². The van der Waals surface area contributed by atoms with Crippen molar-refractivity contribution in [3.05, 3.63) is 0 Å². The third-order valence-electron chi connectivity index (χ3n) is 13.0. The molecule has 1 aliphatic heterocycles. The Morgan fingerprint density at radius 1 is 1.00 bits per heavy atom. The summed E-state index contributed by atoms with van der Waals surface area (Å²) in [5.41, 5.74) is 0.470. The first-order chi connectivity index (χ1) is 20.7. The van der Waals surface area contributed by atoms with E-state index in [0.29, 0.717) is 41.9 Å². The summed E-state index contributed by atoms with van der Waals surface area (Å²) in [7, 11) is -4.11. The number of aliphatic hydroxyl groups excluding tert-OH is 4. The van der Waals surface area contributed by atoms with Gasteiger partial charge in [-0.3, -0.25) is 4.55 Å². The van der Waals surface area contributed by atoms with Crippen LogP contribution in [-0.4, -0.2) is 95.0 Å². The monoisotopic (exact) mass is 667 g/mol. The van der Waals surface area contributed by atoms with Gasteiger partial charge in [-0.15, -0.1) is 0 Å². The van der Waals surface area contributed by atoms with Crippen molar-refractivity contribution < 1.29 is 77.5 Å². The molecule has 5 fully saturated rings. The van der Waals surface area contributed by atoms with Gasteiger partial charge in [-0.05, 0) is 123 Å². The van der Waals surface area contributed by atoms with Gasteiger partial charge in [0.25, 0.3) is 10.1 Å². The summed E-state index contributed by atoms with van der Waals surface area (Å²) in [5, 5.41) is 52.6. The van der Waals surface area contributed by atoms with Crippen LogP contribution < -0.4 is 34.7 Å². The van der Waals surface area contributed by atoms with Crippen LogP contribution in [0.1, 0.15) is 91.4 Å². The molecule has 0 aromatic heterocycles. The molecule has 0 spiro atoms. The fourth-order valence-corrected chi connectivity index (χ4v) is 10.9. The molecule has 1 heterocycles. The topological polar surface area (TPSA) is 189 Å². The summed E-state index contributed by atoms with van der Waals surface area (Å²) in [5.74, 6) is 2.63. The molecule has 45 heavy (non-hydrogen) atoms. The molecule has 1 saturated heterocycles. The van der Waals surface area contributed by atoms with Crippen LogP contribution in [0.5, 0.6) is 0 Å². The normalized spacial score (nSPS) is 46.0. The van der Waals surface area contributed by atoms with Gasteiger partial charge in [-0.25, -0.2) is 0 Å². The summed E-state index contributed by atoms with van der Waals surface area (Å²) < 4.78 is 42.5. The standard InChI is InChI=1S/C32H55NO10S.Na/c1-18(4-9-26(35)33-14-15-44(39,40)41)22-7-8-23-21-6-5-19-16-20(10-12-31(19,2)24(21)11-13-32(22,23)3)42-30-29(38)28(37)27(36)25(17-34)43-30;/h18-25,27-30,34,36-38H,4-17H2,1-3H3,(H,33,35)(H,39,40,41);/q;+1/p-1/t18-,19-,20-,21+,22-,23+,24+,25-,27-,28+,29-,30-,31+,32-;/m1./s1. The fourth-order valence-electron chi connectivity index (χ4n) is 10.6. The second kappa shape index (κ2) is 14.9. The van der Waals surface area contributed by atoms with Gasteiger partial charge in [-0.2, -0.15) is 8.42 Å². The Morgan fingerprint density at radius 2 is 1.69 bits per heavy atom. The molecule has 0 radical (unpaired) electrons. The van der Waals surface area contributed by atoms with Gasteiger partial charge in [0.15, 0.2) is 6.29 Å². The molecule has 4 saturated carbocycles. The van der Waals surface area contributed by atoms with Crippen molar-refractivity contribution in [3.63, 3.8) is 0 Å². The van der Waals surface area contributed by atoms with Crippen LogP contribution >= 0.6 is 0 Å². The van der Waals surface area contributed by atoms with E-state index in [-0.39, 0.29) is 58.9 Å². The quantitative estimate of drug-likeness (QED) is 0.0629. The smallest absolute Gasteiger partial charge is 0.862 e. The molecule has 0 unspecified atom stereocenters. The third kappa shape index (κ3) is 7.82. The number of hydrogen-bond acceptors (Lipinski definition) is 10. The molecule has 4 aliphatic carbocycles. The maximum Gasteiger partial charge on any atom is 1.00 e. The Hall–Kier alpha value is 0.140. The number of aliphatic hydroxyl groups is 4. The third-order valence-corrected chi connectivity index (χ3v) is 13.7. The van der Waals surface area contributed by atoms with Gasteiger partial charge in [0.2, 0.25) is 0 Å². The van der Waals surface area contributed by atoms with E-state index in [1.54, 1.807) is 0 Å². The molecule has 0 bridgehead atoms. The van der Waals surface area contributed by atoms with Gasteiger partial charge < -0.3 is 40.0 Å². The molecule has 0 amide bonds. The second-order valence-electron chi connectivity index (χ2n) is 15.2. The van der Waals surface area contributed by atoms with Gasteiger partial charge in [0.1, 0.15) is 24.4 Å². The van der Waals surface area contributed by atoms with Gasteiger partial charge >= 0.3 is 29.6 Å². The molecule has 13 heteroatoms. The van der Waals surface area contributed by atoms with Crippen LogP contribution in [0.3, 0.4) is 0 Å². The van der Waals surface area contributed by atoms with E-state index in [1.165, 1.54) is 32.1 Å². The molecule has 5 N–H and O–H groups in total. The number of fused-ring (bicyclic) bond motifs is 5. The van der Waals surface area contributed by atoms with E-state index < -0.39 is 53.2 Å². The first-order valence-electron chi connectivity index (χ1n) is 16.8. The Kier molecular flexibility index (Phi) is 12.6. The fraction of sp³-hybridized carbons (Fsp3) is 0.969. The number of nitrogens with zero attached hydrogens (tertiary/aromatic N) is 1. The molecular weight excluding hydrogens is 613 g/mol. The van der Waals surface area contributed by atoms with Crippen molar-refractivity contribution in [2.45, 2.75) is 128 Å². The van der Waals surface area contributed by atoms with E-state index in [2.05, 4.69) is 25.8 Å². The zero-order valence-electron chi connectivity index (χ0n) is 27.5. The molecule has 5 rings (SSSR count). The molecular formula is C32H54NNaO10S. The molecule has 0 aromatic rings. The van der Waals surface area contributed by atoms with Gasteiger partial charge in [-0.1, -0.05) is 20.8 Å². The minimum atomic E-state index is -4.11. The zero-order chi connectivity index (χ0) is 32.0. The molecule has 0 aromatic carbocycles. The zero-order valence-corrected chi connectivity index (χ0v) is 30.3. The van der Waals surface area contributed by atoms with Crippen LogP contribution in [0.15, 0.2) is 4.99 Å². The Balaban J connectivity index is 0.00000461. The summed E-state index contributed by atoms with van der Waals surface area (Å²) in [6, 6.07) is 0. The van der Waals surface area contributed by atoms with Crippen LogP contribution in [-0.2, 0) is 19.6 Å². The number of ether oxygens (including phenoxy) is 2. The first kappa shape index (κ1) is 38.0. The number of aliphatic imine (C=N–C) groups is 1. The summed E-state index contributed by atoms with van der Waals surface area (Å²) in [4.78, 5) is 3.82. The Morgan fingerprint density at radius 3 is 2.38 bits per heavy atom. The summed E-state index contributed by atoms with van der Waals surface area (Å²) in [6.45, 7) is 6.56. The maximum atomic E-state index is 12.3. The van der Waals surface area contributed by atoms with Crippen molar-refractivity contribution in [2.75, 3.05) is 18.9 Å². The van der Waals surface area contributed by atoms with Crippen molar-refractivity contribution in [3.8, 4) is 0 Å². The predicted molar refractivity (Wildman–Crippen MR) is 161 cm³/mol. The predicted octanol–water partition coefficient (Wildman–Crippen LogP) is -1.10. The first-order valence-corrected chi connectivity index (χ1v) is 18.4. The van der Waals surface area contributed by atoms with Gasteiger partial charge in [0.05, 0.1) is 25.0 Å². The van der Waals surface area contributed by atoms with Crippen LogP contribution in [0.2, 0.25) is 0 Å². The number of hydrogen-bond donors (Lipinski definition) is 5. The second-order valence-corrected chi connectivity index (χ2v) is 16.8. The van der Waals surface area contributed by atoms with Crippen LogP contribution in [0, 0.1) is 46.3 Å². The van der Waals surface area contributed by atoms with Gasteiger partial charge in [0, 0.05) is 0 Å². The SMILES string of the molecule is C[C@H](CCC([O-])=NCCS(=O)(=O)O)[C@H]1CC[C@H]2[C@@H]3CC[C@@H]4C[C@H](O[C@@H]5O[C@H](CO)[C@@H](O)[C@H](O)[C@H]5O)CC[C@]4(C)[C@H]3CC[C@]12C.[Na+]. The van der Waals surface area contributed by atoms with E-state index in [4.69, 9.17) is 14.0 Å². The largest absolute Gasteiger partial charge is 1.00 e. The van der Waals surface area contributed by atoms with Crippen molar-refractivity contribution in [1.29, 1.82) is 0 Å². The maximum absolute atomic E-state index is 12.3. The van der Waals surface area contributed by atoms with E-state index >= 15 is 0 Å². The number of rotatable bonds is 10. The minimum absolute atomic E-state index is 0. The van der Waals surface area contributed by atoms with Crippen LogP contribution in [0.25, 0.3) is 0 Å². The van der Waals surface area contributed by atoms with Crippen molar-refractivity contribution >= 4 is 16.0 Å². The minimum Gasteiger partial charge on any atom is -0.862 e. The van der Waals surface area contributed by atoms with E-state index in [1.807, 2.05) is 0 Å². The summed E-state index contributed by atoms with van der Waals surface area (Å²) >= 11 is 0.